The van der Waals surface area contributed by atoms with Gasteiger partial charge in [-0.15, -0.1) is 0 Å². The van der Waals surface area contributed by atoms with Gasteiger partial charge in [0.05, 0.1) is 47.6 Å². The molecule has 0 saturated heterocycles. The number of pyridine rings is 2. The summed E-state index contributed by atoms with van der Waals surface area (Å²) in [5.41, 5.74) is 8.49. The van der Waals surface area contributed by atoms with E-state index in [0.717, 1.165) is 11.1 Å². The number of aryl methyl sites for hydroxylation is 1. The van der Waals surface area contributed by atoms with Crippen LogP contribution < -0.4 is 27.2 Å². The van der Waals surface area contributed by atoms with Crippen LogP contribution in [0.4, 0.5) is 4.39 Å². The molecule has 7 rings (SSSR count). The first kappa shape index (κ1) is 35.9. The predicted octanol–water partition coefficient (Wildman–Crippen LogP) is 1.41. The molecule has 276 valence electrons. The zero-order valence-corrected chi connectivity index (χ0v) is 29.2. The summed E-state index contributed by atoms with van der Waals surface area (Å²) < 4.78 is 27.3. The Labute approximate surface area is 302 Å². The van der Waals surface area contributed by atoms with E-state index in [2.05, 4.69) is 16.0 Å². The highest BCUT2D eigenvalue weighted by Crippen LogP contribution is 2.45. The van der Waals surface area contributed by atoms with Gasteiger partial charge in [-0.2, -0.15) is 0 Å². The molecule has 15 heteroatoms. The van der Waals surface area contributed by atoms with Gasteiger partial charge in [0, 0.05) is 22.6 Å². The van der Waals surface area contributed by atoms with Crippen LogP contribution in [0, 0.1) is 12.7 Å². The number of nitrogens with zero attached hydrogens (tertiary/aromatic N) is 2. The molecule has 3 aliphatic rings. The minimum atomic E-state index is -2.01. The highest BCUT2D eigenvalue weighted by Gasteiger charge is 2.46. The number of hydrogen-bond donors (Lipinski definition) is 5. The molecule has 6 N–H and O–H groups in total. The number of fused-ring (bicyclic) bond motifs is 5. The Bertz CT molecular complexity index is 2240. The van der Waals surface area contributed by atoms with Crippen molar-refractivity contribution in [3.63, 3.8) is 0 Å². The van der Waals surface area contributed by atoms with Crippen LogP contribution in [-0.2, 0) is 60.2 Å². The fourth-order valence-corrected chi connectivity index (χ4v) is 7.53. The van der Waals surface area contributed by atoms with E-state index in [9.17, 15) is 29.1 Å². The van der Waals surface area contributed by atoms with E-state index in [1.165, 1.54) is 10.6 Å². The fraction of sp³-hybridized carbons (Fsp3) is 0.368. The number of carbonyl (C=O) groups excluding carboxylic acids is 4. The van der Waals surface area contributed by atoms with Gasteiger partial charge in [0.2, 0.25) is 17.7 Å². The van der Waals surface area contributed by atoms with Gasteiger partial charge in [-0.1, -0.05) is 37.3 Å². The number of benzene rings is 2. The molecule has 2 aromatic heterocycles. The van der Waals surface area contributed by atoms with Crippen LogP contribution in [0.5, 0.6) is 0 Å². The third-order valence-electron chi connectivity index (χ3n) is 10.4. The summed E-state index contributed by atoms with van der Waals surface area (Å²) in [6.45, 7) is 2.13. The third-order valence-corrected chi connectivity index (χ3v) is 10.4. The van der Waals surface area contributed by atoms with Gasteiger partial charge in [0.15, 0.2) is 5.60 Å². The summed E-state index contributed by atoms with van der Waals surface area (Å²) in [4.78, 5) is 69.1. The van der Waals surface area contributed by atoms with Crippen molar-refractivity contribution in [2.24, 2.45) is 5.73 Å². The van der Waals surface area contributed by atoms with E-state index >= 15 is 4.39 Å². The largest absolute Gasteiger partial charge is 0.458 e. The number of halogens is 1. The lowest BCUT2D eigenvalue weighted by Crippen LogP contribution is -2.46. The van der Waals surface area contributed by atoms with E-state index in [1.54, 1.807) is 19.9 Å². The van der Waals surface area contributed by atoms with Crippen molar-refractivity contribution in [1.82, 2.24) is 25.5 Å². The van der Waals surface area contributed by atoms with Gasteiger partial charge < -0.3 is 40.8 Å². The van der Waals surface area contributed by atoms with Crippen LogP contribution >= 0.6 is 0 Å². The summed E-state index contributed by atoms with van der Waals surface area (Å²) in [5, 5.41) is 20.0. The minimum Gasteiger partial charge on any atom is -0.458 e. The Balaban J connectivity index is 1.05. The van der Waals surface area contributed by atoms with Gasteiger partial charge in [-0.3, -0.25) is 19.2 Å². The lowest BCUT2D eigenvalue weighted by molar-refractivity contribution is -0.172. The van der Waals surface area contributed by atoms with Crippen LogP contribution in [-0.4, -0.2) is 64.3 Å². The van der Waals surface area contributed by atoms with Gasteiger partial charge >= 0.3 is 5.97 Å². The number of carbonyl (C=O) groups is 4. The first-order valence-corrected chi connectivity index (χ1v) is 17.4. The van der Waals surface area contributed by atoms with Crippen molar-refractivity contribution in [1.29, 1.82) is 0 Å². The summed E-state index contributed by atoms with van der Waals surface area (Å²) >= 11 is 0. The lowest BCUT2D eigenvalue weighted by atomic mass is 9.81. The number of esters is 1. The maximum atomic E-state index is 15.2. The molecule has 0 saturated carbocycles. The quantitative estimate of drug-likeness (QED) is 0.0752. The molecule has 4 aromatic rings. The van der Waals surface area contributed by atoms with Gasteiger partial charge in [-0.25, -0.2) is 14.2 Å². The Kier molecular flexibility index (Phi) is 9.57. The number of ether oxygens (including phenoxy) is 2. The van der Waals surface area contributed by atoms with Gasteiger partial charge in [0.25, 0.3) is 5.56 Å². The molecule has 0 radical (unpaired) electrons. The molecule has 53 heavy (non-hydrogen) atoms. The maximum Gasteiger partial charge on any atom is 0.343 e. The van der Waals surface area contributed by atoms with Crippen molar-refractivity contribution in [3.8, 4) is 11.4 Å². The smallest absolute Gasteiger partial charge is 0.343 e. The van der Waals surface area contributed by atoms with Crippen LogP contribution in [0.1, 0.15) is 64.8 Å². The Morgan fingerprint density at radius 3 is 2.66 bits per heavy atom. The van der Waals surface area contributed by atoms with E-state index in [0.29, 0.717) is 58.2 Å². The Hall–Kier alpha value is -5.51. The molecule has 2 unspecified atom stereocenters. The molecule has 2 aliphatic heterocycles. The van der Waals surface area contributed by atoms with E-state index < -0.39 is 59.4 Å². The number of nitrogens with one attached hydrogen (secondary N) is 3. The molecule has 14 nitrogen and oxygen atoms in total. The molecule has 0 spiro atoms. The molecular weight excluding hydrogens is 687 g/mol. The standard InChI is InChI=1S/C38H39FN6O8/c1-3-38(51)24-12-29-34-22(15-45(29)36(49)23(24)16-53-37(38)50)33-27(10-9-21-19(2)25(39)13-28(44-34)32(21)33)43-31(47)17-52-18-42-30(46)14-41-35(48)26(40)11-20-7-5-4-6-8-20/h4-8,12-13,26-27,51H,3,9-11,14-18,40H2,1-2H3,(H,41,48)(H,42,46)(H,43,47)/t26?,27?,38-/m0/s1. The second-order valence-corrected chi connectivity index (χ2v) is 13.6. The summed E-state index contributed by atoms with van der Waals surface area (Å²) in [6, 6.07) is 10.8. The number of aromatic nitrogens is 2. The summed E-state index contributed by atoms with van der Waals surface area (Å²) in [7, 11) is 0. The Morgan fingerprint density at radius 1 is 1.13 bits per heavy atom. The van der Waals surface area contributed by atoms with Gasteiger partial charge in [-0.05, 0) is 60.9 Å². The SMILES string of the molecule is CC[C@@]1(O)C(=O)OCc2c1cc1n(c2=O)Cc2c-1nc1cc(F)c(C)c3c1c2C(NC(=O)COCNC(=O)CNC(=O)C(N)Cc1ccccc1)CC3. The van der Waals surface area contributed by atoms with Crippen LogP contribution in [0.2, 0.25) is 0 Å². The molecule has 1 aliphatic carbocycles. The second-order valence-electron chi connectivity index (χ2n) is 13.6. The molecule has 0 bridgehead atoms. The zero-order chi connectivity index (χ0) is 37.6. The molecule has 0 fully saturated rings. The number of nitrogens with two attached hydrogens (primary N) is 1. The Morgan fingerprint density at radius 2 is 1.91 bits per heavy atom. The third kappa shape index (κ3) is 6.44. The molecule has 2 aromatic carbocycles. The highest BCUT2D eigenvalue weighted by molar-refractivity contribution is 5.94. The molecular formula is C38H39FN6O8. The minimum absolute atomic E-state index is 0.0147. The average Bonchev–Trinajstić information content (AvgIpc) is 3.52. The summed E-state index contributed by atoms with van der Waals surface area (Å²) in [6.07, 6.45) is 1.19. The molecule has 3 amide bonds. The lowest BCUT2D eigenvalue weighted by Gasteiger charge is -2.31. The number of hydrogen-bond acceptors (Lipinski definition) is 10. The highest BCUT2D eigenvalue weighted by atomic mass is 19.1. The maximum absolute atomic E-state index is 15.2. The van der Waals surface area contributed by atoms with Crippen molar-refractivity contribution >= 4 is 34.6 Å². The van der Waals surface area contributed by atoms with Crippen LogP contribution in [0.15, 0.2) is 47.3 Å². The second kappa shape index (κ2) is 14.1. The number of rotatable bonds is 11. The summed E-state index contributed by atoms with van der Waals surface area (Å²) in [5.74, 6) is -2.75. The number of aliphatic hydroxyl groups is 1. The van der Waals surface area contributed by atoms with Gasteiger partial charge in [0.1, 0.15) is 25.8 Å². The van der Waals surface area contributed by atoms with Crippen molar-refractivity contribution in [2.45, 2.75) is 70.4 Å². The van der Waals surface area contributed by atoms with E-state index in [4.69, 9.17) is 20.2 Å². The monoisotopic (exact) mass is 726 g/mol. The van der Waals surface area contributed by atoms with Crippen molar-refractivity contribution in [2.75, 3.05) is 19.9 Å². The zero-order valence-electron chi connectivity index (χ0n) is 29.2. The first-order valence-electron chi connectivity index (χ1n) is 17.4. The number of amides is 3. The topological polar surface area (TPSA) is 204 Å². The molecule has 3 atom stereocenters. The average molecular weight is 727 g/mol. The normalized spacial score (nSPS) is 18.7. The van der Waals surface area contributed by atoms with E-state index in [1.807, 2.05) is 30.3 Å². The predicted molar refractivity (Wildman–Crippen MR) is 189 cm³/mol. The van der Waals surface area contributed by atoms with E-state index in [-0.39, 0.29) is 44.0 Å². The van der Waals surface area contributed by atoms with Crippen LogP contribution in [0.25, 0.3) is 22.3 Å². The van der Waals surface area contributed by atoms with Crippen molar-refractivity contribution < 1.29 is 38.1 Å². The first-order chi connectivity index (χ1) is 25.4. The fourth-order valence-electron chi connectivity index (χ4n) is 7.53. The van der Waals surface area contributed by atoms with Crippen molar-refractivity contribution in [3.05, 3.63) is 97.6 Å². The van der Waals surface area contributed by atoms with Crippen LogP contribution in [0.3, 0.4) is 0 Å². The number of cyclic esters (lactones) is 1. The molecule has 4 heterocycles.